The van der Waals surface area contributed by atoms with Crippen molar-refractivity contribution < 1.29 is 14.9 Å². The van der Waals surface area contributed by atoms with Crippen LogP contribution in [0.25, 0.3) is 0 Å². The van der Waals surface area contributed by atoms with Crippen molar-refractivity contribution in [2.75, 3.05) is 32.8 Å². The minimum atomic E-state index is -0.120. The summed E-state index contributed by atoms with van der Waals surface area (Å²) in [6.45, 7) is 5.36. The number of phenols is 1. The van der Waals surface area contributed by atoms with Crippen molar-refractivity contribution in [2.24, 2.45) is 11.7 Å². The second-order valence-corrected chi connectivity index (χ2v) is 6.80. The van der Waals surface area contributed by atoms with E-state index in [2.05, 4.69) is 4.90 Å². The third-order valence-electron chi connectivity index (χ3n) is 5.40. The summed E-state index contributed by atoms with van der Waals surface area (Å²) in [5.74, 6) is 0.902. The van der Waals surface area contributed by atoms with Gasteiger partial charge in [0.25, 0.3) is 0 Å². The number of aliphatic hydroxyl groups excluding tert-OH is 1. The van der Waals surface area contributed by atoms with Gasteiger partial charge in [0, 0.05) is 25.1 Å². The molecule has 1 saturated heterocycles. The number of hydrogen-bond acceptors (Lipinski definition) is 5. The van der Waals surface area contributed by atoms with Crippen molar-refractivity contribution in [3.05, 3.63) is 28.8 Å². The smallest absolute Gasteiger partial charge is 0.122 e. The first-order chi connectivity index (χ1) is 11.1. The highest BCUT2D eigenvalue weighted by Crippen LogP contribution is 2.40. The van der Waals surface area contributed by atoms with E-state index < -0.39 is 0 Å². The molecule has 23 heavy (non-hydrogen) atoms. The highest BCUT2D eigenvalue weighted by atomic mass is 16.5. The highest BCUT2D eigenvalue weighted by molar-refractivity contribution is 5.47. The van der Waals surface area contributed by atoms with Gasteiger partial charge >= 0.3 is 0 Å². The number of hydrogen-bond donors (Lipinski definition) is 3. The molecule has 5 nitrogen and oxygen atoms in total. The van der Waals surface area contributed by atoms with Gasteiger partial charge in [0.1, 0.15) is 5.75 Å². The van der Waals surface area contributed by atoms with Crippen LogP contribution in [0, 0.1) is 12.8 Å². The molecule has 0 spiro atoms. The lowest BCUT2D eigenvalue weighted by Gasteiger charge is -2.40. The molecule has 3 rings (SSSR count). The van der Waals surface area contributed by atoms with Crippen LogP contribution in [0.4, 0.5) is 0 Å². The number of phenolic OH excluding ortho intramolecular Hbond substituents is 1. The van der Waals surface area contributed by atoms with E-state index in [0.717, 1.165) is 55.6 Å². The molecular weight excluding hydrogens is 292 g/mol. The number of β-amino-alcohol motifs (C(OH)–C–C–N with tert-alkyl or cyclic N) is 1. The largest absolute Gasteiger partial charge is 0.507 e. The number of likely N-dealkylation sites (tertiary alicyclic amines) is 1. The van der Waals surface area contributed by atoms with Crippen LogP contribution in [0.5, 0.6) is 5.75 Å². The zero-order valence-corrected chi connectivity index (χ0v) is 13.9. The molecule has 0 aliphatic carbocycles. The Morgan fingerprint density at radius 2 is 2.04 bits per heavy atom. The fourth-order valence-electron chi connectivity index (χ4n) is 3.97. The molecule has 2 atom stereocenters. The summed E-state index contributed by atoms with van der Waals surface area (Å²) in [6.07, 6.45) is 2.92. The van der Waals surface area contributed by atoms with Crippen molar-refractivity contribution in [1.82, 2.24) is 4.90 Å². The third kappa shape index (κ3) is 3.38. The average molecular weight is 320 g/mol. The first kappa shape index (κ1) is 16.7. The van der Waals surface area contributed by atoms with E-state index in [0.29, 0.717) is 18.2 Å². The highest BCUT2D eigenvalue weighted by Gasteiger charge is 2.35. The standard InChI is InChI=1S/C18H28N2O3/c1-12-2-3-14-15(18(12)22)10-16(23-17(14)11-19)13-4-6-20(7-5-13)8-9-21/h2-3,13,16-17,21-22H,4-11,19H2,1H3/t16-,17-/m0/s1. The summed E-state index contributed by atoms with van der Waals surface area (Å²) in [5, 5.41) is 19.5. The number of nitrogens with two attached hydrogens (primary N) is 1. The molecule has 128 valence electrons. The first-order valence-electron chi connectivity index (χ1n) is 8.64. The SMILES string of the molecule is Cc1ccc2c(c1O)C[C@@H](C1CCN(CCO)CC1)O[C@H]2CN. The number of fused-ring (bicyclic) bond motifs is 1. The zero-order chi connectivity index (χ0) is 16.4. The molecule has 0 bridgehead atoms. The minimum absolute atomic E-state index is 0.120. The average Bonchev–Trinajstić information content (AvgIpc) is 2.58. The lowest BCUT2D eigenvalue weighted by atomic mass is 9.83. The van der Waals surface area contributed by atoms with Gasteiger partial charge in [0.05, 0.1) is 18.8 Å². The van der Waals surface area contributed by atoms with Crippen LogP contribution in [0.15, 0.2) is 12.1 Å². The maximum atomic E-state index is 10.5. The molecular formula is C18H28N2O3. The quantitative estimate of drug-likeness (QED) is 0.780. The van der Waals surface area contributed by atoms with E-state index in [4.69, 9.17) is 15.6 Å². The number of aliphatic hydroxyl groups is 1. The number of nitrogens with zero attached hydrogens (tertiary/aromatic N) is 1. The molecule has 0 saturated carbocycles. The lowest BCUT2D eigenvalue weighted by molar-refractivity contribution is -0.0651. The van der Waals surface area contributed by atoms with Gasteiger partial charge in [-0.3, -0.25) is 0 Å². The molecule has 4 N–H and O–H groups in total. The van der Waals surface area contributed by atoms with E-state index in [1.54, 1.807) is 0 Å². The fourth-order valence-corrected chi connectivity index (χ4v) is 3.97. The Morgan fingerprint density at radius 3 is 2.70 bits per heavy atom. The van der Waals surface area contributed by atoms with Crippen molar-refractivity contribution >= 4 is 0 Å². The van der Waals surface area contributed by atoms with Crippen LogP contribution in [0.2, 0.25) is 0 Å². The van der Waals surface area contributed by atoms with Crippen LogP contribution in [-0.2, 0) is 11.2 Å². The van der Waals surface area contributed by atoms with E-state index in [9.17, 15) is 5.11 Å². The maximum Gasteiger partial charge on any atom is 0.122 e. The number of benzene rings is 1. The van der Waals surface area contributed by atoms with Gasteiger partial charge in [-0.2, -0.15) is 0 Å². The Hall–Kier alpha value is -1.14. The molecule has 2 aliphatic rings. The molecule has 1 fully saturated rings. The zero-order valence-electron chi connectivity index (χ0n) is 13.9. The van der Waals surface area contributed by atoms with Crippen LogP contribution in [0.1, 0.15) is 35.6 Å². The summed E-state index contributed by atoms with van der Waals surface area (Å²) >= 11 is 0. The van der Waals surface area contributed by atoms with Crippen LogP contribution < -0.4 is 5.73 Å². The Balaban J connectivity index is 1.75. The van der Waals surface area contributed by atoms with Crippen molar-refractivity contribution in [3.63, 3.8) is 0 Å². The van der Waals surface area contributed by atoms with Gasteiger partial charge in [-0.05, 0) is 49.9 Å². The number of ether oxygens (including phenoxy) is 1. The molecule has 0 amide bonds. The van der Waals surface area contributed by atoms with Crippen LogP contribution >= 0.6 is 0 Å². The normalized spacial score (nSPS) is 26.2. The van der Waals surface area contributed by atoms with Gasteiger partial charge in [-0.25, -0.2) is 0 Å². The van der Waals surface area contributed by atoms with Gasteiger partial charge in [0.15, 0.2) is 0 Å². The van der Waals surface area contributed by atoms with Gasteiger partial charge in [-0.1, -0.05) is 12.1 Å². The number of aryl methyl sites for hydroxylation is 1. The first-order valence-corrected chi connectivity index (χ1v) is 8.64. The number of aromatic hydroxyl groups is 1. The predicted octanol–water partition coefficient (Wildman–Crippen LogP) is 1.35. The van der Waals surface area contributed by atoms with E-state index in [1.807, 2.05) is 19.1 Å². The lowest BCUT2D eigenvalue weighted by Crippen LogP contribution is -2.42. The molecule has 0 radical (unpaired) electrons. The molecule has 1 aromatic rings. The Morgan fingerprint density at radius 1 is 1.30 bits per heavy atom. The van der Waals surface area contributed by atoms with E-state index in [1.165, 1.54) is 0 Å². The summed E-state index contributed by atoms with van der Waals surface area (Å²) in [4.78, 5) is 2.30. The second-order valence-electron chi connectivity index (χ2n) is 6.80. The molecule has 0 aromatic heterocycles. The topological polar surface area (TPSA) is 79.0 Å². The maximum absolute atomic E-state index is 10.5. The van der Waals surface area contributed by atoms with Crippen LogP contribution in [-0.4, -0.2) is 54.0 Å². The monoisotopic (exact) mass is 320 g/mol. The van der Waals surface area contributed by atoms with Gasteiger partial charge < -0.3 is 25.6 Å². The van der Waals surface area contributed by atoms with Crippen molar-refractivity contribution in [2.45, 2.75) is 38.4 Å². The summed E-state index contributed by atoms with van der Waals surface area (Å²) in [7, 11) is 0. The summed E-state index contributed by atoms with van der Waals surface area (Å²) in [5.41, 5.74) is 8.90. The van der Waals surface area contributed by atoms with Gasteiger partial charge in [0.2, 0.25) is 0 Å². The Labute approximate surface area is 138 Å². The Kier molecular flexibility index (Phi) is 5.21. The third-order valence-corrected chi connectivity index (χ3v) is 5.40. The predicted molar refractivity (Wildman–Crippen MR) is 89.5 cm³/mol. The molecule has 0 unspecified atom stereocenters. The molecule has 2 heterocycles. The van der Waals surface area contributed by atoms with Crippen LogP contribution in [0.3, 0.4) is 0 Å². The van der Waals surface area contributed by atoms with Gasteiger partial charge in [-0.15, -0.1) is 0 Å². The van der Waals surface area contributed by atoms with Crippen molar-refractivity contribution in [1.29, 1.82) is 0 Å². The molecule has 5 heteroatoms. The summed E-state index contributed by atoms with van der Waals surface area (Å²) < 4.78 is 6.29. The molecule has 2 aliphatic heterocycles. The minimum Gasteiger partial charge on any atom is -0.507 e. The van der Waals surface area contributed by atoms with E-state index >= 15 is 0 Å². The number of piperidine rings is 1. The fraction of sp³-hybridized carbons (Fsp3) is 0.667. The van der Waals surface area contributed by atoms with E-state index in [-0.39, 0.29) is 18.8 Å². The Bertz CT molecular complexity index is 541. The van der Waals surface area contributed by atoms with Crippen molar-refractivity contribution in [3.8, 4) is 5.75 Å². The summed E-state index contributed by atoms with van der Waals surface area (Å²) in [6, 6.07) is 3.98. The molecule has 1 aromatic carbocycles. The number of rotatable bonds is 4. The second kappa shape index (κ2) is 7.18.